The van der Waals surface area contributed by atoms with Crippen molar-refractivity contribution in [2.24, 2.45) is 0 Å². The Balaban J connectivity index is 1.27. The highest BCUT2D eigenvalue weighted by molar-refractivity contribution is 6.10. The van der Waals surface area contributed by atoms with Gasteiger partial charge in [-0.1, -0.05) is 48.5 Å². The maximum atomic E-state index is 13.3. The van der Waals surface area contributed by atoms with Crippen LogP contribution in [0.1, 0.15) is 18.9 Å². The Hall–Kier alpha value is -4.33. The molecule has 1 fully saturated rings. The molecule has 4 amide bonds. The number of benzene rings is 3. The van der Waals surface area contributed by atoms with E-state index < -0.39 is 29.9 Å². The average Bonchev–Trinajstić information content (AvgIpc) is 3.03. The monoisotopic (exact) mass is 471 g/mol. The Bertz CT molecular complexity index is 1280. The van der Waals surface area contributed by atoms with Crippen LogP contribution in [0.15, 0.2) is 72.8 Å². The van der Waals surface area contributed by atoms with Gasteiger partial charge >= 0.3 is 6.03 Å². The van der Waals surface area contributed by atoms with Crippen molar-refractivity contribution in [1.29, 1.82) is 0 Å². The lowest BCUT2D eigenvalue weighted by Crippen LogP contribution is -2.42. The number of urea groups is 1. The number of nitrogens with zero attached hydrogens (tertiary/aromatic N) is 1. The number of hydrogen-bond acceptors (Lipinski definition) is 5. The predicted octanol–water partition coefficient (Wildman–Crippen LogP) is 3.92. The minimum absolute atomic E-state index is 0.398. The summed E-state index contributed by atoms with van der Waals surface area (Å²) in [6, 6.07) is 21.8. The van der Waals surface area contributed by atoms with Gasteiger partial charge in [0.15, 0.2) is 11.5 Å². The first kappa shape index (κ1) is 22.5. The SMILES string of the molecule is C[C@@]1(c2ccc3c(c2)OCCCO3)NC(=O)N(CC(=O)Nc2ccc(-c3ccccc3)cc2)C1=O. The second-order valence-electron chi connectivity index (χ2n) is 8.65. The topological polar surface area (TPSA) is 97.0 Å². The van der Waals surface area contributed by atoms with Gasteiger partial charge in [-0.25, -0.2) is 4.79 Å². The zero-order valence-corrected chi connectivity index (χ0v) is 19.2. The molecule has 0 radical (unpaired) electrons. The molecule has 0 bridgehead atoms. The summed E-state index contributed by atoms with van der Waals surface area (Å²) in [5.41, 5.74) is 1.90. The lowest BCUT2D eigenvalue weighted by Gasteiger charge is -2.23. The molecule has 1 atom stereocenters. The van der Waals surface area contributed by atoms with Crippen LogP contribution in [-0.2, 0) is 15.1 Å². The van der Waals surface area contributed by atoms with E-state index in [9.17, 15) is 14.4 Å². The molecule has 0 spiro atoms. The van der Waals surface area contributed by atoms with Gasteiger partial charge in [-0.05, 0) is 47.9 Å². The molecule has 8 heteroatoms. The number of carbonyl (C=O) groups excluding carboxylic acids is 3. The van der Waals surface area contributed by atoms with Gasteiger partial charge in [-0.2, -0.15) is 0 Å². The average molecular weight is 472 g/mol. The van der Waals surface area contributed by atoms with Gasteiger partial charge in [0.25, 0.3) is 5.91 Å². The second-order valence-corrected chi connectivity index (χ2v) is 8.65. The highest BCUT2D eigenvalue weighted by Crippen LogP contribution is 2.36. The lowest BCUT2D eigenvalue weighted by molar-refractivity contribution is -0.133. The van der Waals surface area contributed by atoms with Crippen molar-refractivity contribution in [3.8, 4) is 22.6 Å². The highest BCUT2D eigenvalue weighted by atomic mass is 16.5. The van der Waals surface area contributed by atoms with Crippen molar-refractivity contribution >= 4 is 23.5 Å². The number of fused-ring (bicyclic) bond motifs is 1. The van der Waals surface area contributed by atoms with Crippen molar-refractivity contribution in [1.82, 2.24) is 10.2 Å². The third kappa shape index (κ3) is 4.42. The van der Waals surface area contributed by atoms with Gasteiger partial charge in [0.05, 0.1) is 13.2 Å². The smallest absolute Gasteiger partial charge is 0.325 e. The molecule has 8 nitrogen and oxygen atoms in total. The summed E-state index contributed by atoms with van der Waals surface area (Å²) in [6.07, 6.45) is 0.759. The Morgan fingerprint density at radius 2 is 1.63 bits per heavy atom. The van der Waals surface area contributed by atoms with Crippen LogP contribution in [0, 0.1) is 0 Å². The van der Waals surface area contributed by atoms with Crippen molar-refractivity contribution in [2.45, 2.75) is 18.9 Å². The first-order chi connectivity index (χ1) is 16.9. The zero-order valence-electron chi connectivity index (χ0n) is 19.2. The number of nitrogens with one attached hydrogen (secondary N) is 2. The first-order valence-electron chi connectivity index (χ1n) is 11.4. The Labute approximate surface area is 202 Å². The second kappa shape index (κ2) is 9.13. The maximum absolute atomic E-state index is 13.3. The van der Waals surface area contributed by atoms with Crippen molar-refractivity contribution in [3.05, 3.63) is 78.4 Å². The lowest BCUT2D eigenvalue weighted by atomic mass is 9.91. The molecule has 0 saturated carbocycles. The Morgan fingerprint density at radius 1 is 0.943 bits per heavy atom. The minimum Gasteiger partial charge on any atom is -0.490 e. The number of carbonyl (C=O) groups is 3. The molecule has 178 valence electrons. The van der Waals surface area contributed by atoms with Gasteiger partial charge in [-0.15, -0.1) is 0 Å². The summed E-state index contributed by atoms with van der Waals surface area (Å²) >= 11 is 0. The Kier molecular flexibility index (Phi) is 5.86. The fourth-order valence-electron chi connectivity index (χ4n) is 4.23. The predicted molar refractivity (Wildman–Crippen MR) is 130 cm³/mol. The van der Waals surface area contributed by atoms with Crippen LogP contribution < -0.4 is 20.1 Å². The quantitative estimate of drug-likeness (QED) is 0.550. The van der Waals surface area contributed by atoms with Crippen molar-refractivity contribution < 1.29 is 23.9 Å². The number of hydrogen-bond donors (Lipinski definition) is 2. The van der Waals surface area contributed by atoms with E-state index in [-0.39, 0.29) is 0 Å². The van der Waals surface area contributed by atoms with Crippen LogP contribution in [0.2, 0.25) is 0 Å². The molecular weight excluding hydrogens is 446 g/mol. The molecule has 35 heavy (non-hydrogen) atoms. The molecule has 2 heterocycles. The number of amides is 4. The number of rotatable bonds is 5. The summed E-state index contributed by atoms with van der Waals surface area (Å²) in [4.78, 5) is 39.5. The van der Waals surface area contributed by atoms with E-state index in [1.54, 1.807) is 37.3 Å². The van der Waals surface area contributed by atoms with E-state index >= 15 is 0 Å². The summed E-state index contributed by atoms with van der Waals surface area (Å²) < 4.78 is 11.4. The van der Waals surface area contributed by atoms with E-state index in [1.807, 2.05) is 42.5 Å². The van der Waals surface area contributed by atoms with E-state index in [4.69, 9.17) is 9.47 Å². The molecule has 2 aliphatic rings. The van der Waals surface area contributed by atoms with Gasteiger partial charge in [0, 0.05) is 12.1 Å². The van der Waals surface area contributed by atoms with Gasteiger partial charge in [-0.3, -0.25) is 14.5 Å². The van der Waals surface area contributed by atoms with Crippen molar-refractivity contribution in [2.75, 3.05) is 25.1 Å². The normalized spacial score (nSPS) is 19.2. The van der Waals surface area contributed by atoms with Gasteiger partial charge < -0.3 is 20.1 Å². The zero-order chi connectivity index (χ0) is 24.4. The first-order valence-corrected chi connectivity index (χ1v) is 11.4. The van der Waals surface area contributed by atoms with E-state index in [0.717, 1.165) is 22.4 Å². The van der Waals surface area contributed by atoms with E-state index in [0.29, 0.717) is 36.0 Å². The number of ether oxygens (including phenoxy) is 2. The summed E-state index contributed by atoms with van der Waals surface area (Å²) in [5, 5.41) is 5.48. The molecule has 0 unspecified atom stereocenters. The third-order valence-corrected chi connectivity index (χ3v) is 6.18. The molecule has 2 N–H and O–H groups in total. The molecule has 2 aliphatic heterocycles. The van der Waals surface area contributed by atoms with Crippen LogP contribution in [0.4, 0.5) is 10.5 Å². The molecule has 0 aliphatic carbocycles. The van der Waals surface area contributed by atoms with Crippen LogP contribution in [0.25, 0.3) is 11.1 Å². The molecule has 1 saturated heterocycles. The van der Waals surface area contributed by atoms with Crippen LogP contribution >= 0.6 is 0 Å². The standard InChI is InChI=1S/C27H25N3O5/c1-27(20-10-13-22-23(16-20)35-15-5-14-34-22)25(32)30(26(33)29-27)17-24(31)28-21-11-8-19(9-12-21)18-6-3-2-4-7-18/h2-4,6-13,16H,5,14-15,17H2,1H3,(H,28,31)(H,29,33)/t27-/m0/s1. The van der Waals surface area contributed by atoms with Gasteiger partial charge in [0.2, 0.25) is 5.91 Å². The van der Waals surface area contributed by atoms with E-state index in [1.165, 1.54) is 0 Å². The molecule has 5 rings (SSSR count). The fraction of sp³-hybridized carbons (Fsp3) is 0.222. The summed E-state index contributed by atoms with van der Waals surface area (Å²) in [7, 11) is 0. The summed E-state index contributed by atoms with van der Waals surface area (Å²) in [5.74, 6) is 0.148. The third-order valence-electron chi connectivity index (χ3n) is 6.18. The van der Waals surface area contributed by atoms with Crippen LogP contribution in [-0.4, -0.2) is 42.5 Å². The van der Waals surface area contributed by atoms with Crippen LogP contribution in [0.5, 0.6) is 11.5 Å². The molecule has 3 aromatic carbocycles. The van der Waals surface area contributed by atoms with Crippen molar-refractivity contribution in [3.63, 3.8) is 0 Å². The summed E-state index contributed by atoms with van der Waals surface area (Å²) in [6.45, 7) is 2.28. The minimum atomic E-state index is -1.32. The largest absolute Gasteiger partial charge is 0.490 e. The van der Waals surface area contributed by atoms with Gasteiger partial charge in [0.1, 0.15) is 12.1 Å². The molecular formula is C27H25N3O5. The fourth-order valence-corrected chi connectivity index (χ4v) is 4.23. The Morgan fingerprint density at radius 3 is 2.37 bits per heavy atom. The molecule has 0 aromatic heterocycles. The number of anilines is 1. The van der Waals surface area contributed by atoms with Crippen LogP contribution in [0.3, 0.4) is 0 Å². The highest BCUT2D eigenvalue weighted by Gasteiger charge is 2.49. The maximum Gasteiger partial charge on any atom is 0.325 e. The number of imide groups is 1. The molecule has 3 aromatic rings. The van der Waals surface area contributed by atoms with E-state index in [2.05, 4.69) is 10.6 Å².